The van der Waals surface area contributed by atoms with Crippen molar-refractivity contribution in [2.24, 2.45) is 5.92 Å². The fourth-order valence-electron chi connectivity index (χ4n) is 3.13. The number of anilines is 2. The maximum atomic E-state index is 12.2. The highest BCUT2D eigenvalue weighted by Crippen LogP contribution is 2.23. The molecule has 1 aliphatic carbocycles. The highest BCUT2D eigenvalue weighted by molar-refractivity contribution is 7.15. The number of aromatic nitrogens is 4. The number of methoxy groups -OCH3 is 1. The van der Waals surface area contributed by atoms with E-state index in [1.807, 2.05) is 13.1 Å². The van der Waals surface area contributed by atoms with E-state index < -0.39 is 0 Å². The quantitative estimate of drug-likeness (QED) is 0.469. The minimum absolute atomic E-state index is 0.00205. The van der Waals surface area contributed by atoms with Crippen LogP contribution in [0.1, 0.15) is 48.5 Å². The lowest BCUT2D eigenvalue weighted by Crippen LogP contribution is -2.11. The maximum Gasteiger partial charge on any atom is 0.226 e. The van der Waals surface area contributed by atoms with Gasteiger partial charge in [-0.3, -0.25) is 4.79 Å². The third-order valence-corrected chi connectivity index (χ3v) is 6.69. The van der Waals surface area contributed by atoms with E-state index in [9.17, 15) is 4.79 Å². The van der Waals surface area contributed by atoms with Gasteiger partial charge >= 0.3 is 0 Å². The smallest absolute Gasteiger partial charge is 0.226 e. The van der Waals surface area contributed by atoms with Gasteiger partial charge in [-0.25, -0.2) is 0 Å². The number of ether oxygens (including phenoxy) is 1. The van der Waals surface area contributed by atoms with Crippen molar-refractivity contribution >= 4 is 38.8 Å². The van der Waals surface area contributed by atoms with Crippen LogP contribution in [0, 0.1) is 5.92 Å². The van der Waals surface area contributed by atoms with Crippen LogP contribution in [-0.2, 0) is 22.4 Å². The molecule has 3 rings (SSSR count). The van der Waals surface area contributed by atoms with E-state index in [1.54, 1.807) is 18.4 Å². The number of rotatable bonds is 12. The molecule has 0 saturated carbocycles. The molecule has 0 radical (unpaired) electrons. The van der Waals surface area contributed by atoms with Crippen molar-refractivity contribution in [2.75, 3.05) is 24.8 Å². The van der Waals surface area contributed by atoms with E-state index in [0.717, 1.165) is 65.9 Å². The molecule has 30 heavy (non-hydrogen) atoms. The van der Waals surface area contributed by atoms with Crippen LogP contribution in [0.15, 0.2) is 24.0 Å². The standard InChI is InChI=1S/C20H28N6O2S2/c1-21-19-25-23-17(29-19)8-3-4-9-18-24-26-20(30-18)22-16(27)7-5-6-14-10-12-15(28-2)13-11-14/h10,12-14H,3-9,11H2,1-2H3,(H,21,25)(H,22,26,27). The molecule has 0 bridgehead atoms. The second-order valence-electron chi connectivity index (χ2n) is 7.06. The minimum Gasteiger partial charge on any atom is -0.497 e. The number of hydrogen-bond acceptors (Lipinski definition) is 9. The average molecular weight is 449 g/mol. The lowest BCUT2D eigenvalue weighted by molar-refractivity contribution is -0.116. The molecule has 1 amide bonds. The second kappa shape index (κ2) is 11.8. The average Bonchev–Trinajstić information content (AvgIpc) is 3.41. The largest absolute Gasteiger partial charge is 0.497 e. The van der Waals surface area contributed by atoms with E-state index in [2.05, 4.69) is 43.2 Å². The molecule has 0 aromatic carbocycles. The number of allylic oxidation sites excluding steroid dienone is 3. The summed E-state index contributed by atoms with van der Waals surface area (Å²) in [5.41, 5.74) is 0. The zero-order valence-corrected chi connectivity index (χ0v) is 19.0. The molecular formula is C20H28N6O2S2. The normalized spacial score (nSPS) is 15.7. The summed E-state index contributed by atoms with van der Waals surface area (Å²) in [4.78, 5) is 12.2. The summed E-state index contributed by atoms with van der Waals surface area (Å²) in [5, 5.41) is 25.8. The number of nitrogens with zero attached hydrogens (tertiary/aromatic N) is 4. The number of carbonyl (C=O) groups is 1. The predicted molar refractivity (Wildman–Crippen MR) is 121 cm³/mol. The Bertz CT molecular complexity index is 876. The Morgan fingerprint density at radius 3 is 2.40 bits per heavy atom. The lowest BCUT2D eigenvalue weighted by atomic mass is 9.94. The van der Waals surface area contributed by atoms with E-state index in [4.69, 9.17) is 4.74 Å². The highest BCUT2D eigenvalue weighted by Gasteiger charge is 2.12. The van der Waals surface area contributed by atoms with Crippen molar-refractivity contribution in [3.63, 3.8) is 0 Å². The highest BCUT2D eigenvalue weighted by atomic mass is 32.1. The molecule has 1 atom stereocenters. The third-order valence-electron chi connectivity index (χ3n) is 4.79. The molecular weight excluding hydrogens is 420 g/mol. The summed E-state index contributed by atoms with van der Waals surface area (Å²) < 4.78 is 5.20. The van der Waals surface area contributed by atoms with Crippen LogP contribution < -0.4 is 10.6 Å². The number of aryl methyl sites for hydroxylation is 2. The fraction of sp³-hybridized carbons (Fsp3) is 0.550. The summed E-state index contributed by atoms with van der Waals surface area (Å²) in [6, 6.07) is 0. The Labute approximate surface area is 184 Å². The fourth-order valence-corrected chi connectivity index (χ4v) is 4.66. The third kappa shape index (κ3) is 7.17. The molecule has 2 N–H and O–H groups in total. The summed E-state index contributed by atoms with van der Waals surface area (Å²) in [6.45, 7) is 0. The molecule has 2 aromatic heterocycles. The van der Waals surface area contributed by atoms with Gasteiger partial charge in [0.15, 0.2) is 0 Å². The zero-order valence-electron chi connectivity index (χ0n) is 17.4. The number of hydrogen-bond donors (Lipinski definition) is 2. The van der Waals surface area contributed by atoms with Gasteiger partial charge in [0.05, 0.1) is 7.11 Å². The van der Waals surface area contributed by atoms with E-state index >= 15 is 0 Å². The summed E-state index contributed by atoms with van der Waals surface area (Å²) >= 11 is 3.05. The zero-order chi connectivity index (χ0) is 21.2. The van der Waals surface area contributed by atoms with Crippen LogP contribution in [-0.4, -0.2) is 40.5 Å². The summed E-state index contributed by atoms with van der Waals surface area (Å²) in [7, 11) is 3.53. The first-order chi connectivity index (χ1) is 14.7. The van der Waals surface area contributed by atoms with Crippen molar-refractivity contribution in [1.82, 2.24) is 20.4 Å². The van der Waals surface area contributed by atoms with Gasteiger partial charge in [0.25, 0.3) is 0 Å². The van der Waals surface area contributed by atoms with Crippen LogP contribution in [0.2, 0.25) is 0 Å². The van der Waals surface area contributed by atoms with Crippen molar-refractivity contribution < 1.29 is 9.53 Å². The van der Waals surface area contributed by atoms with Crippen molar-refractivity contribution in [1.29, 1.82) is 0 Å². The molecule has 0 fully saturated rings. The Balaban J connectivity index is 1.29. The molecule has 162 valence electrons. The van der Waals surface area contributed by atoms with Crippen LogP contribution in [0.3, 0.4) is 0 Å². The van der Waals surface area contributed by atoms with Gasteiger partial charge in [-0.15, -0.1) is 20.4 Å². The Kier molecular flexibility index (Phi) is 8.76. The molecule has 1 aliphatic rings. The topological polar surface area (TPSA) is 102 Å². The van der Waals surface area contributed by atoms with E-state index in [1.165, 1.54) is 11.3 Å². The molecule has 1 unspecified atom stereocenters. The van der Waals surface area contributed by atoms with Crippen LogP contribution in [0.25, 0.3) is 0 Å². The van der Waals surface area contributed by atoms with Crippen LogP contribution in [0.4, 0.5) is 10.3 Å². The van der Waals surface area contributed by atoms with Gasteiger partial charge < -0.3 is 15.4 Å². The number of amides is 1. The van der Waals surface area contributed by atoms with E-state index in [0.29, 0.717) is 17.5 Å². The lowest BCUT2D eigenvalue weighted by Gasteiger charge is -2.15. The molecule has 0 aliphatic heterocycles. The van der Waals surface area contributed by atoms with Gasteiger partial charge in [0.2, 0.25) is 16.2 Å². The van der Waals surface area contributed by atoms with Gasteiger partial charge in [-0.1, -0.05) is 28.7 Å². The predicted octanol–water partition coefficient (Wildman–Crippen LogP) is 4.21. The van der Waals surface area contributed by atoms with Crippen LogP contribution in [0.5, 0.6) is 0 Å². The van der Waals surface area contributed by atoms with Gasteiger partial charge in [-0.05, 0) is 50.2 Å². The Morgan fingerprint density at radius 2 is 1.80 bits per heavy atom. The minimum atomic E-state index is 0.00205. The first-order valence-corrected chi connectivity index (χ1v) is 11.8. The molecule has 2 aromatic rings. The summed E-state index contributed by atoms with van der Waals surface area (Å²) in [6.07, 6.45) is 13.4. The molecule has 8 nitrogen and oxygen atoms in total. The number of nitrogens with one attached hydrogen (secondary N) is 2. The molecule has 0 spiro atoms. The van der Waals surface area contributed by atoms with E-state index in [-0.39, 0.29) is 5.91 Å². The van der Waals surface area contributed by atoms with Gasteiger partial charge in [0.1, 0.15) is 15.8 Å². The summed E-state index contributed by atoms with van der Waals surface area (Å²) in [5.74, 6) is 1.40. The number of unbranched alkanes of at least 4 members (excludes halogenated alkanes) is 1. The van der Waals surface area contributed by atoms with Crippen molar-refractivity contribution in [3.8, 4) is 0 Å². The monoisotopic (exact) mass is 448 g/mol. The second-order valence-corrected chi connectivity index (χ2v) is 9.19. The molecule has 10 heteroatoms. The Hall–Kier alpha value is -2.33. The van der Waals surface area contributed by atoms with Crippen molar-refractivity contribution in [3.05, 3.63) is 34.0 Å². The van der Waals surface area contributed by atoms with Crippen LogP contribution >= 0.6 is 22.7 Å². The number of carbonyl (C=O) groups excluding carboxylic acids is 1. The molecule has 0 saturated heterocycles. The first kappa shape index (κ1) is 22.4. The molecule has 2 heterocycles. The first-order valence-electron chi connectivity index (χ1n) is 10.2. The Morgan fingerprint density at radius 1 is 1.10 bits per heavy atom. The van der Waals surface area contributed by atoms with Crippen molar-refractivity contribution in [2.45, 2.75) is 51.4 Å². The maximum absolute atomic E-state index is 12.2. The van der Waals surface area contributed by atoms with Gasteiger partial charge in [-0.2, -0.15) is 0 Å². The van der Waals surface area contributed by atoms with Gasteiger partial charge in [0, 0.05) is 26.3 Å². The SMILES string of the molecule is CNc1nnc(CCCCc2nnc(NC(=O)CCCC3C=CC(OC)=CC3)s2)s1.